The van der Waals surface area contributed by atoms with Crippen LogP contribution in [0.15, 0.2) is 18.2 Å². The number of halogens is 1. The van der Waals surface area contributed by atoms with Crippen LogP contribution in [0.2, 0.25) is 0 Å². The minimum Gasteiger partial charge on any atom is -0.444 e. The van der Waals surface area contributed by atoms with Crippen molar-refractivity contribution in [2.75, 3.05) is 6.54 Å². The SMILES string of the molecule is Cc1cc(C2CC(NC(=O)OC(C)(C)C)CCN2)ccc1F. The molecular formula is C17H25FN2O2. The molecule has 2 atom stereocenters. The van der Waals surface area contributed by atoms with Crippen molar-refractivity contribution in [1.82, 2.24) is 10.6 Å². The van der Waals surface area contributed by atoms with Crippen molar-refractivity contribution < 1.29 is 13.9 Å². The van der Waals surface area contributed by atoms with Gasteiger partial charge in [0.05, 0.1) is 0 Å². The van der Waals surface area contributed by atoms with E-state index in [1.807, 2.05) is 26.8 Å². The highest BCUT2D eigenvalue weighted by Gasteiger charge is 2.26. The second-order valence-corrected chi connectivity index (χ2v) is 6.88. The Hall–Kier alpha value is -1.62. The van der Waals surface area contributed by atoms with Gasteiger partial charge in [-0.3, -0.25) is 0 Å². The van der Waals surface area contributed by atoms with E-state index in [0.29, 0.717) is 5.56 Å². The van der Waals surface area contributed by atoms with Crippen LogP contribution in [0, 0.1) is 12.7 Å². The van der Waals surface area contributed by atoms with Crippen molar-refractivity contribution >= 4 is 6.09 Å². The summed E-state index contributed by atoms with van der Waals surface area (Å²) in [6.07, 6.45) is 1.24. The second kappa shape index (κ2) is 6.65. The molecule has 1 heterocycles. The van der Waals surface area contributed by atoms with E-state index in [0.717, 1.165) is 24.9 Å². The molecule has 0 saturated carbocycles. The zero-order valence-corrected chi connectivity index (χ0v) is 13.7. The summed E-state index contributed by atoms with van der Waals surface area (Å²) >= 11 is 0. The first-order valence-electron chi connectivity index (χ1n) is 7.73. The fourth-order valence-corrected chi connectivity index (χ4v) is 2.66. The Kier molecular flexibility index (Phi) is 5.06. The fourth-order valence-electron chi connectivity index (χ4n) is 2.66. The van der Waals surface area contributed by atoms with Crippen LogP contribution in [0.25, 0.3) is 0 Å². The van der Waals surface area contributed by atoms with Crippen LogP contribution < -0.4 is 10.6 Å². The van der Waals surface area contributed by atoms with Crippen molar-refractivity contribution in [2.24, 2.45) is 0 Å². The Morgan fingerprint density at radius 3 is 2.77 bits per heavy atom. The summed E-state index contributed by atoms with van der Waals surface area (Å²) in [4.78, 5) is 11.9. The molecule has 0 radical (unpaired) electrons. The van der Waals surface area contributed by atoms with Gasteiger partial charge in [-0.2, -0.15) is 0 Å². The molecule has 0 bridgehead atoms. The molecule has 122 valence electrons. The first-order chi connectivity index (χ1) is 10.2. The average Bonchev–Trinajstić information content (AvgIpc) is 2.40. The van der Waals surface area contributed by atoms with Crippen molar-refractivity contribution in [3.05, 3.63) is 35.1 Å². The van der Waals surface area contributed by atoms with Crippen LogP contribution in [0.5, 0.6) is 0 Å². The number of carbonyl (C=O) groups is 1. The molecule has 22 heavy (non-hydrogen) atoms. The number of aryl methyl sites for hydroxylation is 1. The van der Waals surface area contributed by atoms with E-state index >= 15 is 0 Å². The van der Waals surface area contributed by atoms with Gasteiger partial charge in [-0.05, 0) is 64.3 Å². The molecule has 1 saturated heterocycles. The summed E-state index contributed by atoms with van der Waals surface area (Å²) < 4.78 is 18.7. The zero-order chi connectivity index (χ0) is 16.3. The number of hydrogen-bond acceptors (Lipinski definition) is 3. The van der Waals surface area contributed by atoms with Gasteiger partial charge in [0, 0.05) is 12.1 Å². The number of carbonyl (C=O) groups excluding carboxylic acids is 1. The van der Waals surface area contributed by atoms with Crippen LogP contribution in [0.3, 0.4) is 0 Å². The molecular weight excluding hydrogens is 283 g/mol. The molecule has 2 unspecified atom stereocenters. The lowest BCUT2D eigenvalue weighted by molar-refractivity contribution is 0.0490. The van der Waals surface area contributed by atoms with Gasteiger partial charge < -0.3 is 15.4 Å². The van der Waals surface area contributed by atoms with Gasteiger partial charge in [0.15, 0.2) is 0 Å². The van der Waals surface area contributed by atoms with E-state index in [1.165, 1.54) is 6.07 Å². The molecule has 1 aliphatic heterocycles. The van der Waals surface area contributed by atoms with Gasteiger partial charge in [0.2, 0.25) is 0 Å². The molecule has 0 aromatic heterocycles. The van der Waals surface area contributed by atoms with Crippen molar-refractivity contribution in [1.29, 1.82) is 0 Å². The Bertz CT molecular complexity index is 540. The van der Waals surface area contributed by atoms with Crippen molar-refractivity contribution in [3.63, 3.8) is 0 Å². The smallest absolute Gasteiger partial charge is 0.407 e. The highest BCUT2D eigenvalue weighted by Crippen LogP contribution is 2.25. The maximum Gasteiger partial charge on any atom is 0.407 e. The standard InChI is InChI=1S/C17H25FN2O2/c1-11-9-12(5-6-14(11)18)15-10-13(7-8-19-15)20-16(21)22-17(2,3)4/h5-6,9,13,15,19H,7-8,10H2,1-4H3,(H,20,21). The number of alkyl carbamates (subject to hydrolysis) is 1. The molecule has 1 amide bonds. The summed E-state index contributed by atoms with van der Waals surface area (Å²) in [5, 5.41) is 6.34. The van der Waals surface area contributed by atoms with Gasteiger partial charge in [0.25, 0.3) is 0 Å². The van der Waals surface area contributed by atoms with E-state index in [1.54, 1.807) is 13.0 Å². The van der Waals surface area contributed by atoms with Gasteiger partial charge in [0.1, 0.15) is 11.4 Å². The van der Waals surface area contributed by atoms with Crippen LogP contribution in [0.1, 0.15) is 50.8 Å². The molecule has 0 aliphatic carbocycles. The maximum atomic E-state index is 13.4. The minimum atomic E-state index is -0.496. The van der Waals surface area contributed by atoms with Gasteiger partial charge in [-0.25, -0.2) is 9.18 Å². The number of hydrogen-bond donors (Lipinski definition) is 2. The molecule has 1 fully saturated rings. The monoisotopic (exact) mass is 308 g/mol. The molecule has 1 aliphatic rings. The Morgan fingerprint density at radius 1 is 1.41 bits per heavy atom. The van der Waals surface area contributed by atoms with Gasteiger partial charge >= 0.3 is 6.09 Å². The number of nitrogens with one attached hydrogen (secondary N) is 2. The van der Waals surface area contributed by atoms with Crippen LogP contribution in [-0.4, -0.2) is 24.3 Å². The molecule has 0 spiro atoms. The first kappa shape index (κ1) is 16.7. The highest BCUT2D eigenvalue weighted by molar-refractivity contribution is 5.68. The summed E-state index contributed by atoms with van der Waals surface area (Å²) in [7, 11) is 0. The largest absolute Gasteiger partial charge is 0.444 e. The normalized spacial score (nSPS) is 22.2. The second-order valence-electron chi connectivity index (χ2n) is 6.88. The van der Waals surface area contributed by atoms with E-state index in [9.17, 15) is 9.18 Å². The minimum absolute atomic E-state index is 0.0615. The lowest BCUT2D eigenvalue weighted by Crippen LogP contribution is -2.45. The number of ether oxygens (including phenoxy) is 1. The lowest BCUT2D eigenvalue weighted by atomic mass is 9.93. The summed E-state index contributed by atoms with van der Waals surface area (Å²) in [6.45, 7) is 8.11. The van der Waals surface area contributed by atoms with Crippen LogP contribution in [0.4, 0.5) is 9.18 Å². The number of amides is 1. The molecule has 5 heteroatoms. The zero-order valence-electron chi connectivity index (χ0n) is 13.7. The average molecular weight is 308 g/mol. The first-order valence-corrected chi connectivity index (χ1v) is 7.73. The van der Waals surface area contributed by atoms with E-state index in [2.05, 4.69) is 10.6 Å². The summed E-state index contributed by atoms with van der Waals surface area (Å²) in [5.41, 5.74) is 1.20. The summed E-state index contributed by atoms with van der Waals surface area (Å²) in [6, 6.07) is 5.34. The van der Waals surface area contributed by atoms with Crippen molar-refractivity contribution in [2.45, 2.75) is 58.2 Å². The Labute approximate surface area is 131 Å². The quantitative estimate of drug-likeness (QED) is 0.880. The van der Waals surface area contributed by atoms with Crippen LogP contribution in [-0.2, 0) is 4.74 Å². The van der Waals surface area contributed by atoms with Gasteiger partial charge in [-0.1, -0.05) is 12.1 Å². The van der Waals surface area contributed by atoms with Crippen LogP contribution >= 0.6 is 0 Å². The third-order valence-electron chi connectivity index (χ3n) is 3.71. The third-order valence-corrected chi connectivity index (χ3v) is 3.71. The Morgan fingerprint density at radius 2 is 2.14 bits per heavy atom. The maximum absolute atomic E-state index is 13.4. The van der Waals surface area contributed by atoms with Crippen molar-refractivity contribution in [3.8, 4) is 0 Å². The number of piperidine rings is 1. The van der Waals surface area contributed by atoms with E-state index < -0.39 is 5.60 Å². The molecule has 2 rings (SSSR count). The Balaban J connectivity index is 1.96. The van der Waals surface area contributed by atoms with E-state index in [4.69, 9.17) is 4.74 Å². The summed E-state index contributed by atoms with van der Waals surface area (Å²) in [5.74, 6) is -0.192. The topological polar surface area (TPSA) is 50.4 Å². The third kappa shape index (κ3) is 4.70. The van der Waals surface area contributed by atoms with Gasteiger partial charge in [-0.15, -0.1) is 0 Å². The lowest BCUT2D eigenvalue weighted by Gasteiger charge is -2.32. The number of benzene rings is 1. The molecule has 1 aromatic carbocycles. The molecule has 4 nitrogen and oxygen atoms in total. The predicted molar refractivity (Wildman–Crippen MR) is 84.3 cm³/mol. The fraction of sp³-hybridized carbons (Fsp3) is 0.588. The number of rotatable bonds is 2. The predicted octanol–water partition coefficient (Wildman–Crippen LogP) is 3.45. The molecule has 2 N–H and O–H groups in total. The van der Waals surface area contributed by atoms with E-state index in [-0.39, 0.29) is 24.0 Å². The highest BCUT2D eigenvalue weighted by atomic mass is 19.1. The molecule has 1 aromatic rings.